The monoisotopic (exact) mass is 572 g/mol. The van der Waals surface area contributed by atoms with Crippen molar-refractivity contribution in [3.8, 4) is 17.2 Å². The molecule has 4 aromatic carbocycles. The summed E-state index contributed by atoms with van der Waals surface area (Å²) in [7, 11) is 0. The van der Waals surface area contributed by atoms with E-state index in [2.05, 4.69) is 51.3 Å². The molecule has 0 atom stereocenters. The van der Waals surface area contributed by atoms with E-state index in [0.29, 0.717) is 31.1 Å². The van der Waals surface area contributed by atoms with Gasteiger partial charge in [0.05, 0.1) is 18.5 Å². The third-order valence-electron chi connectivity index (χ3n) is 7.71. The van der Waals surface area contributed by atoms with E-state index in [4.69, 9.17) is 9.47 Å². The van der Waals surface area contributed by atoms with E-state index >= 15 is 0 Å². The van der Waals surface area contributed by atoms with Crippen molar-refractivity contribution in [1.82, 2.24) is 14.7 Å². The van der Waals surface area contributed by atoms with Crippen LogP contribution in [-0.2, 0) is 19.6 Å². The summed E-state index contributed by atoms with van der Waals surface area (Å²) in [6.07, 6.45) is 2.49. The highest BCUT2D eigenvalue weighted by atomic mass is 16.5. The molecule has 1 fully saturated rings. The van der Waals surface area contributed by atoms with Crippen molar-refractivity contribution in [3.63, 3.8) is 0 Å². The fourth-order valence-corrected chi connectivity index (χ4v) is 5.36. The smallest absolute Gasteiger partial charge is 0.316 e. The fraction of sp³-hybridized carbons (Fsp3) is 0.222. The Bertz CT molecular complexity index is 1650. The van der Waals surface area contributed by atoms with Gasteiger partial charge in [-0.3, -0.25) is 9.69 Å². The van der Waals surface area contributed by atoms with Crippen LogP contribution in [0.15, 0.2) is 126 Å². The summed E-state index contributed by atoms with van der Waals surface area (Å²) in [5, 5.41) is 4.55. The van der Waals surface area contributed by atoms with Crippen molar-refractivity contribution in [2.24, 2.45) is 0 Å². The number of anilines is 1. The number of para-hydroxylation sites is 2. The Balaban J connectivity index is 1.15. The normalized spacial score (nSPS) is 13.5. The lowest BCUT2D eigenvalue weighted by Gasteiger charge is -2.36. The molecule has 1 aliphatic rings. The van der Waals surface area contributed by atoms with Crippen LogP contribution in [0.3, 0.4) is 0 Å². The molecule has 0 N–H and O–H groups in total. The van der Waals surface area contributed by atoms with Gasteiger partial charge in [-0.1, -0.05) is 97.1 Å². The molecule has 1 aliphatic heterocycles. The summed E-state index contributed by atoms with van der Waals surface area (Å²) in [4.78, 5) is 18.4. The van der Waals surface area contributed by atoms with Crippen LogP contribution in [0.2, 0.25) is 0 Å². The predicted octanol–water partition coefficient (Wildman–Crippen LogP) is 5.76. The Morgan fingerprint density at radius 1 is 0.674 bits per heavy atom. The largest absolute Gasteiger partial charge is 0.489 e. The second kappa shape index (κ2) is 13.9. The molecular weight excluding hydrogens is 536 g/mol. The molecule has 5 aromatic rings. The third kappa shape index (κ3) is 7.13. The van der Waals surface area contributed by atoms with Gasteiger partial charge in [-0.25, -0.2) is 0 Å². The molecule has 2 heterocycles. The average molecular weight is 573 g/mol. The minimum atomic E-state index is -0.247. The van der Waals surface area contributed by atoms with Crippen molar-refractivity contribution in [1.29, 1.82) is 0 Å². The number of ether oxygens (including phenoxy) is 2. The maximum Gasteiger partial charge on any atom is 0.316 e. The zero-order valence-electron chi connectivity index (χ0n) is 24.2. The highest BCUT2D eigenvalue weighted by Gasteiger charge is 2.24. The van der Waals surface area contributed by atoms with E-state index in [1.54, 1.807) is 6.20 Å². The van der Waals surface area contributed by atoms with Gasteiger partial charge in [0.1, 0.15) is 18.0 Å². The average Bonchev–Trinajstić information content (AvgIpc) is 3.07. The van der Waals surface area contributed by atoms with E-state index in [-0.39, 0.29) is 5.56 Å². The molecule has 0 radical (unpaired) electrons. The van der Waals surface area contributed by atoms with Gasteiger partial charge >= 0.3 is 5.56 Å². The lowest BCUT2D eigenvalue weighted by molar-refractivity contribution is 0.239. The van der Waals surface area contributed by atoms with Gasteiger partial charge in [-0.05, 0) is 29.3 Å². The Morgan fingerprint density at radius 2 is 1.30 bits per heavy atom. The van der Waals surface area contributed by atoms with Gasteiger partial charge in [0.15, 0.2) is 0 Å². The van der Waals surface area contributed by atoms with E-state index in [0.717, 1.165) is 49.7 Å². The summed E-state index contributed by atoms with van der Waals surface area (Å²) in [5.74, 6) is 1.26. The first-order chi connectivity index (χ1) is 21.2. The molecule has 6 rings (SSSR count). The van der Waals surface area contributed by atoms with Gasteiger partial charge in [-0.15, -0.1) is 0 Å². The van der Waals surface area contributed by atoms with Crippen LogP contribution >= 0.6 is 0 Å². The van der Waals surface area contributed by atoms with Crippen LogP contribution < -0.4 is 19.9 Å². The molecular formula is C36H36N4O3. The topological polar surface area (TPSA) is 59.8 Å². The highest BCUT2D eigenvalue weighted by molar-refractivity contribution is 5.57. The summed E-state index contributed by atoms with van der Waals surface area (Å²) < 4.78 is 13.9. The number of aromatic nitrogens is 2. The molecule has 1 aromatic heterocycles. The number of hydrogen-bond acceptors (Lipinski definition) is 6. The van der Waals surface area contributed by atoms with Crippen LogP contribution in [0.1, 0.15) is 16.7 Å². The molecule has 0 unspecified atom stereocenters. The Hall–Kier alpha value is -4.88. The lowest BCUT2D eigenvalue weighted by atomic mass is 10.1. The molecule has 0 amide bonds. The minimum Gasteiger partial charge on any atom is -0.489 e. The molecule has 7 nitrogen and oxygen atoms in total. The predicted molar refractivity (Wildman–Crippen MR) is 170 cm³/mol. The SMILES string of the molecule is O=c1c(OCCc2ccccc2)c(N2CCN(Cc3ccccc3OCc3ccccc3)CC2)cnn1-c1ccccc1. The van der Waals surface area contributed by atoms with Crippen LogP contribution in [0.25, 0.3) is 5.69 Å². The number of rotatable bonds is 11. The Labute approximate surface area is 252 Å². The zero-order chi connectivity index (χ0) is 29.3. The Kier molecular flexibility index (Phi) is 9.10. The van der Waals surface area contributed by atoms with Gasteiger partial charge < -0.3 is 14.4 Å². The first kappa shape index (κ1) is 28.2. The summed E-state index contributed by atoms with van der Waals surface area (Å²) in [6.45, 7) is 4.96. The molecule has 0 bridgehead atoms. The number of piperazine rings is 1. The number of hydrogen-bond donors (Lipinski definition) is 0. The molecule has 7 heteroatoms. The fourth-order valence-electron chi connectivity index (χ4n) is 5.36. The minimum absolute atomic E-state index is 0.247. The van der Waals surface area contributed by atoms with Crippen molar-refractivity contribution in [2.45, 2.75) is 19.6 Å². The van der Waals surface area contributed by atoms with Crippen molar-refractivity contribution in [3.05, 3.63) is 149 Å². The number of benzene rings is 4. The maximum absolute atomic E-state index is 13.7. The second-order valence-corrected chi connectivity index (χ2v) is 10.6. The number of nitrogens with zero attached hydrogens (tertiary/aromatic N) is 4. The second-order valence-electron chi connectivity index (χ2n) is 10.6. The summed E-state index contributed by atoms with van der Waals surface area (Å²) >= 11 is 0. The standard InChI is InChI=1S/C36H36N4O3/c41-36-35(42-25-20-29-12-4-1-5-13-29)33(26-37-40(36)32-17-8-3-9-18-32)39-23-21-38(22-24-39)27-31-16-10-11-19-34(31)43-28-30-14-6-2-7-15-30/h1-19,26H,20-25,27-28H2. The molecule has 1 saturated heterocycles. The van der Waals surface area contributed by atoms with E-state index in [1.165, 1.54) is 15.8 Å². The van der Waals surface area contributed by atoms with Crippen LogP contribution in [0.5, 0.6) is 11.5 Å². The zero-order valence-corrected chi connectivity index (χ0v) is 24.2. The molecule has 0 saturated carbocycles. The van der Waals surface area contributed by atoms with E-state index in [9.17, 15) is 4.79 Å². The summed E-state index contributed by atoms with van der Waals surface area (Å²) in [6, 6.07) is 38.2. The van der Waals surface area contributed by atoms with Gasteiger partial charge in [0.2, 0.25) is 5.75 Å². The maximum atomic E-state index is 13.7. The van der Waals surface area contributed by atoms with Crippen LogP contribution in [0, 0.1) is 0 Å². The van der Waals surface area contributed by atoms with Crippen molar-refractivity contribution in [2.75, 3.05) is 37.7 Å². The van der Waals surface area contributed by atoms with Crippen molar-refractivity contribution >= 4 is 5.69 Å². The van der Waals surface area contributed by atoms with E-state index in [1.807, 2.05) is 78.9 Å². The van der Waals surface area contributed by atoms with Crippen LogP contribution in [0.4, 0.5) is 5.69 Å². The third-order valence-corrected chi connectivity index (χ3v) is 7.71. The molecule has 0 spiro atoms. The van der Waals surface area contributed by atoms with Gasteiger partial charge in [-0.2, -0.15) is 9.78 Å². The molecule has 0 aliphatic carbocycles. The molecule has 43 heavy (non-hydrogen) atoms. The quantitative estimate of drug-likeness (QED) is 0.201. The first-order valence-corrected chi connectivity index (χ1v) is 14.8. The highest BCUT2D eigenvalue weighted by Crippen LogP contribution is 2.27. The Morgan fingerprint density at radius 3 is 2.02 bits per heavy atom. The van der Waals surface area contributed by atoms with Gasteiger partial charge in [0.25, 0.3) is 0 Å². The first-order valence-electron chi connectivity index (χ1n) is 14.8. The van der Waals surface area contributed by atoms with Crippen LogP contribution in [-0.4, -0.2) is 47.5 Å². The van der Waals surface area contributed by atoms with Crippen molar-refractivity contribution < 1.29 is 9.47 Å². The molecule has 218 valence electrons. The lowest BCUT2D eigenvalue weighted by Crippen LogP contribution is -2.46. The van der Waals surface area contributed by atoms with Gasteiger partial charge in [0, 0.05) is 44.7 Å². The summed E-state index contributed by atoms with van der Waals surface area (Å²) in [5.41, 5.74) is 4.70. The van der Waals surface area contributed by atoms with E-state index < -0.39 is 0 Å².